The monoisotopic (exact) mass is 379 g/mol. The molecule has 0 aliphatic carbocycles. The predicted octanol–water partition coefficient (Wildman–Crippen LogP) is 2.72. The lowest BCUT2D eigenvalue weighted by Gasteiger charge is -2.19. The summed E-state index contributed by atoms with van der Waals surface area (Å²) in [5, 5.41) is 13.9. The van der Waals surface area contributed by atoms with E-state index in [1.54, 1.807) is 32.9 Å². The molecule has 0 spiro atoms. The second kappa shape index (κ2) is 9.56. The van der Waals surface area contributed by atoms with Crippen molar-refractivity contribution in [2.45, 2.75) is 39.2 Å². The zero-order chi connectivity index (χ0) is 20.6. The van der Waals surface area contributed by atoms with Crippen molar-refractivity contribution >= 4 is 17.7 Å². The van der Waals surface area contributed by atoms with E-state index in [-0.39, 0.29) is 23.5 Å². The Kier molecular flexibility index (Phi) is 7.77. The Hall–Kier alpha value is -3.10. The minimum atomic E-state index is -0.768. The number of benzene rings is 1. The molecule has 0 aliphatic rings. The number of nitrogens with one attached hydrogen (secondary N) is 1. The van der Waals surface area contributed by atoms with Crippen molar-refractivity contribution in [2.75, 3.05) is 13.7 Å². The minimum absolute atomic E-state index is 0.0133. The number of primary amides is 1. The summed E-state index contributed by atoms with van der Waals surface area (Å²) in [4.78, 5) is 33.6. The highest BCUT2D eigenvalue weighted by molar-refractivity contribution is 5.94. The van der Waals surface area contributed by atoms with Crippen molar-refractivity contribution in [3.8, 4) is 5.75 Å². The molecule has 0 fully saturated rings. The van der Waals surface area contributed by atoms with Gasteiger partial charge in [-0.2, -0.15) is 0 Å². The molecule has 0 unspecified atom stereocenters. The van der Waals surface area contributed by atoms with E-state index in [2.05, 4.69) is 5.32 Å². The van der Waals surface area contributed by atoms with Gasteiger partial charge >= 0.3 is 6.09 Å². The molecule has 27 heavy (non-hydrogen) atoms. The van der Waals surface area contributed by atoms with Crippen LogP contribution < -0.4 is 15.8 Å². The van der Waals surface area contributed by atoms with Crippen molar-refractivity contribution in [1.82, 2.24) is 5.32 Å². The lowest BCUT2D eigenvalue weighted by atomic mass is 10.0. The Morgan fingerprint density at radius 1 is 1.30 bits per heavy atom. The molecule has 0 aliphatic heterocycles. The fraction of sp³-hybridized carbons (Fsp3) is 0.444. The number of nitrogens with zero attached hydrogens (tertiary/aromatic N) is 1. The van der Waals surface area contributed by atoms with E-state index in [4.69, 9.17) is 15.2 Å². The topological polar surface area (TPSA) is 134 Å². The summed E-state index contributed by atoms with van der Waals surface area (Å²) >= 11 is 0. The molecule has 1 aromatic carbocycles. The summed E-state index contributed by atoms with van der Waals surface area (Å²) in [6.07, 6.45) is 3.78. The van der Waals surface area contributed by atoms with Crippen LogP contribution in [0.1, 0.15) is 43.1 Å². The quantitative estimate of drug-likeness (QED) is 0.405. The third kappa shape index (κ3) is 7.35. The molecule has 0 radical (unpaired) electrons. The van der Waals surface area contributed by atoms with E-state index in [1.165, 1.54) is 13.2 Å². The second-order valence-corrected chi connectivity index (χ2v) is 6.69. The lowest BCUT2D eigenvalue weighted by molar-refractivity contribution is -0.385. The van der Waals surface area contributed by atoms with Crippen LogP contribution in [0.4, 0.5) is 10.5 Å². The average Bonchev–Trinajstić information content (AvgIpc) is 2.55. The van der Waals surface area contributed by atoms with Crippen LogP contribution in [-0.2, 0) is 11.2 Å². The highest BCUT2D eigenvalue weighted by Gasteiger charge is 2.21. The smallest absolute Gasteiger partial charge is 0.407 e. The molecule has 0 saturated carbocycles. The number of nitro benzene ring substituents is 1. The number of nitrogens with two attached hydrogens (primary N) is 1. The van der Waals surface area contributed by atoms with Crippen LogP contribution >= 0.6 is 0 Å². The van der Waals surface area contributed by atoms with Crippen LogP contribution in [0.25, 0.3) is 0 Å². The molecule has 3 N–H and O–H groups in total. The number of hydrogen-bond acceptors (Lipinski definition) is 6. The fourth-order valence-corrected chi connectivity index (χ4v) is 2.25. The number of amides is 2. The summed E-state index contributed by atoms with van der Waals surface area (Å²) in [5.41, 5.74) is 4.80. The number of carbonyl (C=O) groups is 2. The van der Waals surface area contributed by atoms with E-state index in [0.717, 1.165) is 6.07 Å². The number of hydrogen-bond donors (Lipinski definition) is 2. The van der Waals surface area contributed by atoms with Gasteiger partial charge in [0, 0.05) is 18.2 Å². The Morgan fingerprint density at radius 2 is 1.96 bits per heavy atom. The van der Waals surface area contributed by atoms with Gasteiger partial charge in [0.05, 0.1) is 17.6 Å². The number of nitro groups is 1. The largest absolute Gasteiger partial charge is 0.496 e. The van der Waals surface area contributed by atoms with Crippen molar-refractivity contribution in [2.24, 2.45) is 5.73 Å². The zero-order valence-electron chi connectivity index (χ0n) is 15.9. The van der Waals surface area contributed by atoms with Crippen LogP contribution in [-0.4, -0.2) is 36.2 Å². The number of allylic oxidation sites excluding steroid dienone is 1. The maximum Gasteiger partial charge on any atom is 0.407 e. The summed E-state index contributed by atoms with van der Waals surface area (Å²) in [6.45, 7) is 5.58. The van der Waals surface area contributed by atoms with Gasteiger partial charge in [0.1, 0.15) is 11.4 Å². The molecule has 2 amide bonds. The van der Waals surface area contributed by atoms with Gasteiger partial charge < -0.3 is 20.5 Å². The summed E-state index contributed by atoms with van der Waals surface area (Å²) < 4.78 is 10.3. The predicted molar refractivity (Wildman–Crippen MR) is 99.9 cm³/mol. The summed E-state index contributed by atoms with van der Waals surface area (Å²) in [5.74, 6) is -0.533. The third-order valence-corrected chi connectivity index (χ3v) is 3.38. The molecule has 148 valence electrons. The lowest BCUT2D eigenvalue weighted by Crippen LogP contribution is -2.32. The first-order valence-electron chi connectivity index (χ1n) is 8.32. The van der Waals surface area contributed by atoms with Crippen molar-refractivity contribution in [3.63, 3.8) is 0 Å². The van der Waals surface area contributed by atoms with Gasteiger partial charge in [-0.25, -0.2) is 4.79 Å². The molecule has 0 bridgehead atoms. The van der Waals surface area contributed by atoms with Crippen LogP contribution in [0.5, 0.6) is 5.75 Å². The Morgan fingerprint density at radius 3 is 2.48 bits per heavy atom. The number of carbonyl (C=O) groups excluding carboxylic acids is 2. The first kappa shape index (κ1) is 21.9. The molecule has 9 nitrogen and oxygen atoms in total. The molecule has 9 heteroatoms. The number of alkyl carbamates (subject to hydrolysis) is 1. The van der Waals surface area contributed by atoms with Gasteiger partial charge in [-0.05, 0) is 39.7 Å². The molecular weight excluding hydrogens is 354 g/mol. The maximum absolute atomic E-state index is 11.5. The van der Waals surface area contributed by atoms with Gasteiger partial charge in [-0.1, -0.05) is 12.2 Å². The summed E-state index contributed by atoms with van der Waals surface area (Å²) in [7, 11) is 1.37. The van der Waals surface area contributed by atoms with Crippen LogP contribution in [0.3, 0.4) is 0 Å². The van der Waals surface area contributed by atoms with E-state index >= 15 is 0 Å². The molecular formula is C18H25N3O6. The Bertz CT molecular complexity index is 737. The molecule has 0 aromatic heterocycles. The highest BCUT2D eigenvalue weighted by atomic mass is 16.6. The van der Waals surface area contributed by atoms with Crippen LogP contribution in [0.15, 0.2) is 24.3 Å². The molecule has 0 atom stereocenters. The minimum Gasteiger partial charge on any atom is -0.496 e. The number of rotatable bonds is 8. The first-order valence-corrected chi connectivity index (χ1v) is 8.32. The Labute approximate surface area is 157 Å². The normalized spacial score (nSPS) is 11.3. The van der Waals surface area contributed by atoms with Gasteiger partial charge in [0.15, 0.2) is 0 Å². The fourth-order valence-electron chi connectivity index (χ4n) is 2.25. The van der Waals surface area contributed by atoms with Gasteiger partial charge in [0.2, 0.25) is 5.91 Å². The van der Waals surface area contributed by atoms with Crippen molar-refractivity contribution < 1.29 is 24.0 Å². The van der Waals surface area contributed by atoms with Gasteiger partial charge in [-0.15, -0.1) is 0 Å². The second-order valence-electron chi connectivity index (χ2n) is 6.69. The highest BCUT2D eigenvalue weighted by Crippen LogP contribution is 2.31. The zero-order valence-corrected chi connectivity index (χ0v) is 15.9. The number of methoxy groups -OCH3 is 1. The summed E-state index contributed by atoms with van der Waals surface area (Å²) in [6, 6.07) is 2.53. The van der Waals surface area contributed by atoms with E-state index < -0.39 is 22.5 Å². The van der Waals surface area contributed by atoms with Crippen LogP contribution in [0.2, 0.25) is 0 Å². The first-order chi connectivity index (χ1) is 12.5. The Balaban J connectivity index is 2.72. The maximum atomic E-state index is 11.5. The van der Waals surface area contributed by atoms with E-state index in [0.29, 0.717) is 18.4 Å². The number of ether oxygens (including phenoxy) is 2. The van der Waals surface area contributed by atoms with Gasteiger partial charge in [-0.3, -0.25) is 14.9 Å². The van der Waals surface area contributed by atoms with E-state index in [9.17, 15) is 19.7 Å². The standard InChI is InChI=1S/C18H25N3O6/c1-18(2,3)27-17(23)20-9-7-5-6-8-13-14(21(24)25)10-12(16(19)22)11-15(13)26-4/h5,7,10-11H,6,8-9H2,1-4H3,(H2,19,22)(H,20,23)/b7-5+. The molecule has 1 rings (SSSR count). The SMILES string of the molecule is COc1cc(C(N)=O)cc([N+](=O)[O-])c1CC/C=C/CNC(=O)OC(C)(C)C. The van der Waals surface area contributed by atoms with Crippen LogP contribution in [0, 0.1) is 10.1 Å². The molecule has 1 aromatic rings. The third-order valence-electron chi connectivity index (χ3n) is 3.38. The van der Waals surface area contributed by atoms with Crippen molar-refractivity contribution in [1.29, 1.82) is 0 Å². The average molecular weight is 379 g/mol. The molecule has 0 heterocycles. The van der Waals surface area contributed by atoms with Crippen molar-refractivity contribution in [3.05, 3.63) is 45.5 Å². The molecule has 0 saturated heterocycles. The van der Waals surface area contributed by atoms with E-state index in [1.807, 2.05) is 0 Å². The van der Waals surface area contributed by atoms with Gasteiger partial charge in [0.25, 0.3) is 5.69 Å².